The van der Waals surface area contributed by atoms with Gasteiger partial charge in [-0.3, -0.25) is 4.79 Å². The summed E-state index contributed by atoms with van der Waals surface area (Å²) in [6.45, 7) is 6.13. The number of hydrogen-bond acceptors (Lipinski definition) is 2. The number of carbonyl (C=O) groups excluding carboxylic acids is 1. The molecule has 3 atom stereocenters. The maximum atomic E-state index is 12.6. The monoisotopic (exact) mass is 296 g/mol. The highest BCUT2D eigenvalue weighted by Gasteiger charge is 2.41. The normalized spacial score (nSPS) is 27.7. The maximum Gasteiger partial charge on any atom is 0.323 e. The largest absolute Gasteiger partial charge is 0.480 e. The molecular formula is C16H28N2O3. The first kappa shape index (κ1) is 16.1. The van der Waals surface area contributed by atoms with E-state index in [9.17, 15) is 9.59 Å². The zero-order valence-corrected chi connectivity index (χ0v) is 13.6. The van der Waals surface area contributed by atoms with Gasteiger partial charge in [0.05, 0.1) is 0 Å². The molecule has 1 N–H and O–H groups in total. The maximum absolute atomic E-state index is 12.6. The lowest BCUT2D eigenvalue weighted by molar-refractivity contribution is -0.138. The number of carboxylic acid groups (broad SMARTS) is 1. The van der Waals surface area contributed by atoms with Gasteiger partial charge < -0.3 is 14.9 Å². The molecular weight excluding hydrogens is 268 g/mol. The molecule has 0 radical (unpaired) electrons. The summed E-state index contributed by atoms with van der Waals surface area (Å²) in [4.78, 5) is 26.8. The van der Waals surface area contributed by atoms with Gasteiger partial charge in [0.2, 0.25) is 0 Å². The van der Waals surface area contributed by atoms with Crippen molar-refractivity contribution in [1.82, 2.24) is 9.80 Å². The highest BCUT2D eigenvalue weighted by atomic mass is 16.4. The third kappa shape index (κ3) is 3.69. The summed E-state index contributed by atoms with van der Waals surface area (Å²) in [6.07, 6.45) is 5.21. The summed E-state index contributed by atoms with van der Waals surface area (Å²) < 4.78 is 0. The van der Waals surface area contributed by atoms with Crippen molar-refractivity contribution in [2.45, 2.75) is 52.0 Å². The second kappa shape index (κ2) is 5.85. The van der Waals surface area contributed by atoms with Gasteiger partial charge in [-0.15, -0.1) is 0 Å². The molecule has 0 aromatic heterocycles. The number of nitrogens with zero attached hydrogens (tertiary/aromatic N) is 2. The fraction of sp³-hybridized carbons (Fsp3) is 0.875. The second-order valence-corrected chi connectivity index (χ2v) is 7.75. The Morgan fingerprint density at radius 2 is 1.86 bits per heavy atom. The summed E-state index contributed by atoms with van der Waals surface area (Å²) in [7, 11) is 1.80. The molecule has 2 amide bonds. The Labute approximate surface area is 127 Å². The Hall–Kier alpha value is -1.26. The predicted octanol–water partition coefficient (Wildman–Crippen LogP) is 2.66. The second-order valence-electron chi connectivity index (χ2n) is 7.75. The van der Waals surface area contributed by atoms with Gasteiger partial charge in [-0.1, -0.05) is 6.42 Å². The summed E-state index contributed by atoms with van der Waals surface area (Å²) in [6, 6.07) is -0.173. The third-order valence-corrected chi connectivity index (χ3v) is 5.05. The molecule has 3 unspecified atom stereocenters. The van der Waals surface area contributed by atoms with E-state index in [1.165, 1.54) is 30.6 Å². The first-order valence-corrected chi connectivity index (χ1v) is 7.93. The third-order valence-electron chi connectivity index (χ3n) is 5.05. The number of fused-ring (bicyclic) bond motifs is 2. The number of aliphatic carboxylic acids is 1. The number of urea groups is 1. The van der Waals surface area contributed by atoms with Crippen LogP contribution in [0.2, 0.25) is 0 Å². The molecule has 0 saturated heterocycles. The predicted molar refractivity (Wildman–Crippen MR) is 81.1 cm³/mol. The van der Waals surface area contributed by atoms with E-state index in [4.69, 9.17) is 5.11 Å². The van der Waals surface area contributed by atoms with Gasteiger partial charge in [0.15, 0.2) is 0 Å². The average molecular weight is 296 g/mol. The van der Waals surface area contributed by atoms with Gasteiger partial charge in [0.25, 0.3) is 0 Å². The Balaban J connectivity index is 1.97. The molecule has 5 nitrogen and oxygen atoms in total. The summed E-state index contributed by atoms with van der Waals surface area (Å²) in [5.41, 5.74) is -0.488. The fourth-order valence-corrected chi connectivity index (χ4v) is 3.96. The fourth-order valence-electron chi connectivity index (χ4n) is 3.96. The Kier molecular flexibility index (Phi) is 4.49. The van der Waals surface area contributed by atoms with Crippen LogP contribution in [0.1, 0.15) is 46.5 Å². The van der Waals surface area contributed by atoms with Crippen LogP contribution >= 0.6 is 0 Å². The van der Waals surface area contributed by atoms with Gasteiger partial charge in [-0.25, -0.2) is 4.79 Å². The lowest BCUT2D eigenvalue weighted by atomic mass is 9.88. The molecule has 21 heavy (non-hydrogen) atoms. The lowest BCUT2D eigenvalue weighted by Crippen LogP contribution is -2.53. The van der Waals surface area contributed by atoms with Gasteiger partial charge >= 0.3 is 12.0 Å². The summed E-state index contributed by atoms with van der Waals surface area (Å²) in [5.74, 6) is 1.27. The Morgan fingerprint density at radius 1 is 1.19 bits per heavy atom. The van der Waals surface area contributed by atoms with Crippen LogP contribution < -0.4 is 0 Å². The molecule has 2 aliphatic rings. The van der Waals surface area contributed by atoms with E-state index in [1.54, 1.807) is 11.9 Å². The van der Waals surface area contributed by atoms with Gasteiger partial charge in [-0.05, 0) is 57.8 Å². The van der Waals surface area contributed by atoms with Gasteiger partial charge in [0, 0.05) is 19.1 Å². The number of amides is 2. The van der Waals surface area contributed by atoms with Crippen molar-refractivity contribution >= 4 is 12.0 Å². The van der Waals surface area contributed by atoms with Crippen LogP contribution in [0.5, 0.6) is 0 Å². The Bertz CT molecular complexity index is 416. The van der Waals surface area contributed by atoms with Crippen LogP contribution in [-0.2, 0) is 4.79 Å². The average Bonchev–Trinajstić information content (AvgIpc) is 2.95. The van der Waals surface area contributed by atoms with Crippen molar-refractivity contribution in [2.24, 2.45) is 17.8 Å². The molecule has 0 heterocycles. The molecule has 0 aliphatic heterocycles. The molecule has 5 heteroatoms. The van der Waals surface area contributed by atoms with E-state index in [1.807, 2.05) is 20.8 Å². The lowest BCUT2D eigenvalue weighted by Gasteiger charge is -2.38. The Morgan fingerprint density at radius 3 is 2.29 bits per heavy atom. The minimum absolute atomic E-state index is 0.173. The first-order valence-electron chi connectivity index (χ1n) is 7.93. The van der Waals surface area contributed by atoms with Crippen LogP contribution in [-0.4, -0.2) is 52.6 Å². The van der Waals surface area contributed by atoms with Crippen molar-refractivity contribution in [2.75, 3.05) is 20.1 Å². The number of carboxylic acids is 1. The molecule has 2 aliphatic carbocycles. The summed E-state index contributed by atoms with van der Waals surface area (Å²) >= 11 is 0. The number of hydrogen-bond donors (Lipinski definition) is 1. The number of carbonyl (C=O) groups is 2. The minimum atomic E-state index is -0.966. The highest BCUT2D eigenvalue weighted by molar-refractivity contribution is 5.80. The van der Waals surface area contributed by atoms with E-state index in [0.717, 1.165) is 18.4 Å². The SMILES string of the molecule is CN(CC1CC2CCC1C2)C(=O)N(CC(=O)O)C(C)(C)C. The zero-order valence-electron chi connectivity index (χ0n) is 13.6. The molecule has 120 valence electrons. The van der Waals surface area contributed by atoms with Gasteiger partial charge in [-0.2, -0.15) is 0 Å². The minimum Gasteiger partial charge on any atom is -0.480 e. The van der Waals surface area contributed by atoms with E-state index >= 15 is 0 Å². The zero-order chi connectivity index (χ0) is 15.8. The van der Waals surface area contributed by atoms with Crippen LogP contribution in [0.15, 0.2) is 0 Å². The quantitative estimate of drug-likeness (QED) is 0.867. The van der Waals surface area contributed by atoms with E-state index < -0.39 is 11.5 Å². The molecule has 0 aromatic carbocycles. The molecule has 2 bridgehead atoms. The smallest absolute Gasteiger partial charge is 0.323 e. The van der Waals surface area contributed by atoms with Crippen LogP contribution in [0, 0.1) is 17.8 Å². The molecule has 0 spiro atoms. The standard InChI is InChI=1S/C16H28N2O3/c1-16(2,3)18(10-14(19)20)15(21)17(4)9-13-8-11-5-6-12(13)7-11/h11-13H,5-10H2,1-4H3,(H,19,20). The highest BCUT2D eigenvalue weighted by Crippen LogP contribution is 2.48. The van der Waals surface area contributed by atoms with Crippen molar-refractivity contribution in [3.63, 3.8) is 0 Å². The van der Waals surface area contributed by atoms with Crippen LogP contribution in [0.4, 0.5) is 4.79 Å². The van der Waals surface area contributed by atoms with E-state index in [2.05, 4.69) is 0 Å². The van der Waals surface area contributed by atoms with Crippen LogP contribution in [0.3, 0.4) is 0 Å². The molecule has 2 saturated carbocycles. The first-order chi connectivity index (χ1) is 9.68. The molecule has 2 fully saturated rings. The van der Waals surface area contributed by atoms with E-state index in [0.29, 0.717) is 5.92 Å². The van der Waals surface area contributed by atoms with Crippen molar-refractivity contribution in [3.05, 3.63) is 0 Å². The van der Waals surface area contributed by atoms with Gasteiger partial charge in [0.1, 0.15) is 6.54 Å². The molecule has 0 aromatic rings. The van der Waals surface area contributed by atoms with Crippen LogP contribution in [0.25, 0.3) is 0 Å². The van der Waals surface area contributed by atoms with Crippen molar-refractivity contribution in [1.29, 1.82) is 0 Å². The topological polar surface area (TPSA) is 60.9 Å². The number of rotatable bonds is 4. The van der Waals surface area contributed by atoms with Crippen molar-refractivity contribution < 1.29 is 14.7 Å². The molecule has 2 rings (SSSR count). The van der Waals surface area contributed by atoms with Crippen molar-refractivity contribution in [3.8, 4) is 0 Å². The van der Waals surface area contributed by atoms with E-state index in [-0.39, 0.29) is 12.6 Å². The summed E-state index contributed by atoms with van der Waals surface area (Å²) in [5, 5.41) is 9.04.